The number of rotatable bonds is 5. The molecule has 2 heterocycles. The van der Waals surface area contributed by atoms with Crippen LogP contribution in [-0.2, 0) is 0 Å². The van der Waals surface area contributed by atoms with Crippen LogP contribution in [-0.4, -0.2) is 24.0 Å². The highest BCUT2D eigenvalue weighted by Gasteiger charge is 2.22. The van der Waals surface area contributed by atoms with Gasteiger partial charge < -0.3 is 15.4 Å². The summed E-state index contributed by atoms with van der Waals surface area (Å²) in [5.41, 5.74) is 1.60. The van der Waals surface area contributed by atoms with Gasteiger partial charge in [0.2, 0.25) is 0 Å². The molecule has 1 aromatic carbocycles. The van der Waals surface area contributed by atoms with Crippen LogP contribution in [0.1, 0.15) is 48.1 Å². The standard InChI is InChI=1S/C19H22ClN3O2/c1-2-10-21-19(24)13-8-9-17(22-12-13)23-16-7-4-11-25-18-14(16)5-3-6-15(18)20/h3,5-6,8-9,12,16H,2,4,7,10-11H2,1H3,(H,21,24)(H,22,23). The molecule has 0 aliphatic carbocycles. The maximum absolute atomic E-state index is 11.9. The van der Waals surface area contributed by atoms with Crippen molar-refractivity contribution in [2.45, 2.75) is 32.2 Å². The number of fused-ring (bicyclic) bond motifs is 1. The number of benzene rings is 1. The minimum atomic E-state index is -0.0964. The van der Waals surface area contributed by atoms with Crippen molar-refractivity contribution in [1.29, 1.82) is 0 Å². The normalized spacial score (nSPS) is 16.3. The lowest BCUT2D eigenvalue weighted by Gasteiger charge is -2.19. The SMILES string of the molecule is CCCNC(=O)c1ccc(NC2CCCOc3c(Cl)cccc32)nc1. The maximum atomic E-state index is 11.9. The first-order valence-corrected chi connectivity index (χ1v) is 8.99. The minimum absolute atomic E-state index is 0.0727. The van der Waals surface area contributed by atoms with Crippen molar-refractivity contribution >= 4 is 23.3 Å². The van der Waals surface area contributed by atoms with Gasteiger partial charge in [0, 0.05) is 18.3 Å². The third-order valence-electron chi connectivity index (χ3n) is 4.14. The fraction of sp³-hybridized carbons (Fsp3) is 0.368. The number of nitrogens with zero attached hydrogens (tertiary/aromatic N) is 1. The van der Waals surface area contributed by atoms with Gasteiger partial charge in [-0.3, -0.25) is 4.79 Å². The number of hydrogen-bond acceptors (Lipinski definition) is 4. The second-order valence-corrected chi connectivity index (χ2v) is 6.44. The summed E-state index contributed by atoms with van der Waals surface area (Å²) in [6.07, 6.45) is 4.36. The summed E-state index contributed by atoms with van der Waals surface area (Å²) in [6.45, 7) is 3.34. The van der Waals surface area contributed by atoms with E-state index >= 15 is 0 Å². The van der Waals surface area contributed by atoms with E-state index in [0.29, 0.717) is 23.7 Å². The van der Waals surface area contributed by atoms with Crippen molar-refractivity contribution in [1.82, 2.24) is 10.3 Å². The van der Waals surface area contributed by atoms with Gasteiger partial charge in [-0.05, 0) is 37.5 Å². The van der Waals surface area contributed by atoms with E-state index in [4.69, 9.17) is 16.3 Å². The fourth-order valence-electron chi connectivity index (χ4n) is 2.85. The van der Waals surface area contributed by atoms with Gasteiger partial charge in [-0.1, -0.05) is 30.7 Å². The summed E-state index contributed by atoms with van der Waals surface area (Å²) in [4.78, 5) is 16.3. The van der Waals surface area contributed by atoms with E-state index < -0.39 is 0 Å². The third kappa shape index (κ3) is 4.23. The molecule has 0 radical (unpaired) electrons. The third-order valence-corrected chi connectivity index (χ3v) is 4.44. The van der Waals surface area contributed by atoms with Gasteiger partial charge >= 0.3 is 0 Å². The molecule has 1 aromatic heterocycles. The summed E-state index contributed by atoms with van der Waals surface area (Å²) < 4.78 is 5.79. The zero-order valence-corrected chi connectivity index (χ0v) is 15.0. The van der Waals surface area contributed by atoms with E-state index in [-0.39, 0.29) is 11.9 Å². The van der Waals surface area contributed by atoms with Crippen molar-refractivity contribution in [2.24, 2.45) is 0 Å². The van der Waals surface area contributed by atoms with Gasteiger partial charge in [0.15, 0.2) is 0 Å². The Morgan fingerprint density at radius 3 is 3.00 bits per heavy atom. The molecule has 0 spiro atoms. The second-order valence-electron chi connectivity index (χ2n) is 6.03. The first kappa shape index (κ1) is 17.5. The van der Waals surface area contributed by atoms with Gasteiger partial charge in [-0.15, -0.1) is 0 Å². The van der Waals surface area contributed by atoms with Gasteiger partial charge in [-0.2, -0.15) is 0 Å². The second kappa shape index (κ2) is 8.21. The lowest BCUT2D eigenvalue weighted by atomic mass is 10.0. The molecule has 0 saturated carbocycles. The Balaban J connectivity index is 1.74. The molecule has 0 saturated heterocycles. The van der Waals surface area contributed by atoms with E-state index in [1.807, 2.05) is 31.2 Å². The number of anilines is 1. The molecule has 1 amide bonds. The molecule has 3 rings (SSSR count). The molecule has 132 valence electrons. The molecule has 2 aromatic rings. The molecule has 1 aliphatic heterocycles. The number of pyridine rings is 1. The van der Waals surface area contributed by atoms with Crippen LogP contribution >= 0.6 is 11.6 Å². The molecular formula is C19H22ClN3O2. The lowest BCUT2D eigenvalue weighted by molar-refractivity contribution is 0.0953. The predicted octanol–water partition coefficient (Wildman–Crippen LogP) is 4.20. The number of carbonyl (C=O) groups excluding carboxylic acids is 1. The number of ether oxygens (including phenoxy) is 1. The van der Waals surface area contributed by atoms with Crippen molar-refractivity contribution in [3.05, 3.63) is 52.7 Å². The summed E-state index contributed by atoms with van der Waals surface area (Å²) in [5.74, 6) is 1.38. The molecule has 1 aliphatic rings. The Labute approximate surface area is 152 Å². The number of hydrogen-bond donors (Lipinski definition) is 2. The average molecular weight is 360 g/mol. The molecule has 0 fully saturated rings. The van der Waals surface area contributed by atoms with Crippen LogP contribution in [0.4, 0.5) is 5.82 Å². The average Bonchev–Trinajstić information content (AvgIpc) is 2.84. The van der Waals surface area contributed by atoms with Crippen LogP contribution in [0.3, 0.4) is 0 Å². The molecule has 1 atom stereocenters. The molecule has 25 heavy (non-hydrogen) atoms. The maximum Gasteiger partial charge on any atom is 0.252 e. The molecule has 2 N–H and O–H groups in total. The van der Waals surface area contributed by atoms with Crippen LogP contribution in [0, 0.1) is 0 Å². The van der Waals surface area contributed by atoms with E-state index in [1.54, 1.807) is 12.3 Å². The summed E-state index contributed by atoms with van der Waals surface area (Å²) >= 11 is 6.27. The number of halogens is 1. The highest BCUT2D eigenvalue weighted by atomic mass is 35.5. The van der Waals surface area contributed by atoms with Gasteiger partial charge in [-0.25, -0.2) is 4.98 Å². The Hall–Kier alpha value is -2.27. The quantitative estimate of drug-likeness (QED) is 0.839. The van der Waals surface area contributed by atoms with E-state index in [1.165, 1.54) is 0 Å². The molecule has 6 heteroatoms. The zero-order chi connectivity index (χ0) is 17.6. The smallest absolute Gasteiger partial charge is 0.252 e. The monoisotopic (exact) mass is 359 g/mol. The van der Waals surface area contributed by atoms with E-state index in [9.17, 15) is 4.79 Å². The van der Waals surface area contributed by atoms with Gasteiger partial charge in [0.1, 0.15) is 11.6 Å². The number of para-hydroxylation sites is 1. The number of carbonyl (C=O) groups is 1. The topological polar surface area (TPSA) is 63.2 Å². The Morgan fingerprint density at radius 2 is 2.24 bits per heavy atom. The van der Waals surface area contributed by atoms with Crippen molar-refractivity contribution in [3.63, 3.8) is 0 Å². The van der Waals surface area contributed by atoms with Crippen molar-refractivity contribution in [2.75, 3.05) is 18.5 Å². The van der Waals surface area contributed by atoms with Crippen LogP contribution in [0.2, 0.25) is 5.02 Å². The Morgan fingerprint density at radius 1 is 1.36 bits per heavy atom. The van der Waals surface area contributed by atoms with Crippen LogP contribution in [0.15, 0.2) is 36.5 Å². The largest absolute Gasteiger partial charge is 0.492 e. The molecule has 1 unspecified atom stereocenters. The first-order valence-electron chi connectivity index (χ1n) is 8.61. The Bertz CT molecular complexity index is 734. The van der Waals surface area contributed by atoms with Crippen LogP contribution < -0.4 is 15.4 Å². The summed E-state index contributed by atoms with van der Waals surface area (Å²) in [5, 5.41) is 6.91. The number of nitrogens with one attached hydrogen (secondary N) is 2. The zero-order valence-electron chi connectivity index (χ0n) is 14.2. The first-order chi connectivity index (χ1) is 12.2. The Kier molecular flexibility index (Phi) is 5.76. The van der Waals surface area contributed by atoms with Crippen molar-refractivity contribution < 1.29 is 9.53 Å². The number of aromatic nitrogens is 1. The van der Waals surface area contributed by atoms with Gasteiger partial charge in [0.25, 0.3) is 5.91 Å². The number of amides is 1. The van der Waals surface area contributed by atoms with Gasteiger partial charge in [0.05, 0.1) is 23.2 Å². The molecule has 5 nitrogen and oxygen atoms in total. The van der Waals surface area contributed by atoms with E-state index in [2.05, 4.69) is 15.6 Å². The molecular weight excluding hydrogens is 338 g/mol. The van der Waals surface area contributed by atoms with Crippen LogP contribution in [0.25, 0.3) is 0 Å². The summed E-state index contributed by atoms with van der Waals surface area (Å²) in [7, 11) is 0. The lowest BCUT2D eigenvalue weighted by Crippen LogP contribution is -2.24. The summed E-state index contributed by atoms with van der Waals surface area (Å²) in [6, 6.07) is 9.48. The van der Waals surface area contributed by atoms with Crippen LogP contribution in [0.5, 0.6) is 5.75 Å². The molecule has 0 bridgehead atoms. The highest BCUT2D eigenvalue weighted by Crippen LogP contribution is 2.38. The fourth-order valence-corrected chi connectivity index (χ4v) is 3.09. The predicted molar refractivity (Wildman–Crippen MR) is 99.4 cm³/mol. The van der Waals surface area contributed by atoms with E-state index in [0.717, 1.165) is 36.4 Å². The highest BCUT2D eigenvalue weighted by molar-refractivity contribution is 6.32. The minimum Gasteiger partial charge on any atom is -0.492 e. The van der Waals surface area contributed by atoms with Crippen molar-refractivity contribution in [3.8, 4) is 5.75 Å².